The molecule has 130 valence electrons. The number of hydrogen-bond donors (Lipinski definition) is 1. The Hall–Kier alpha value is -1.89. The Morgan fingerprint density at radius 3 is 2.75 bits per heavy atom. The summed E-state index contributed by atoms with van der Waals surface area (Å²) in [5, 5.41) is 0.743. The normalized spacial score (nSPS) is 18.5. The van der Waals surface area contributed by atoms with Crippen LogP contribution in [0.4, 0.5) is 10.1 Å². The third-order valence-corrected chi connectivity index (χ3v) is 5.59. The Morgan fingerprint density at radius 2 is 2.12 bits per heavy atom. The summed E-state index contributed by atoms with van der Waals surface area (Å²) in [7, 11) is -0.939. The first-order valence-electron chi connectivity index (χ1n) is 7.96. The highest BCUT2D eigenvalue weighted by molar-refractivity contribution is 7.91. The van der Waals surface area contributed by atoms with Crippen molar-refractivity contribution in [3.8, 4) is 5.75 Å². The lowest BCUT2D eigenvalue weighted by molar-refractivity contribution is 0.415. The SMILES string of the molecule is COc1cc(F)cc2c(N3CCC(CS(C)(=N)=O)CC3)ccnc12. The van der Waals surface area contributed by atoms with Crippen molar-refractivity contribution in [3.63, 3.8) is 0 Å². The van der Waals surface area contributed by atoms with Crippen molar-refractivity contribution in [2.75, 3.05) is 37.1 Å². The molecule has 3 rings (SSSR count). The van der Waals surface area contributed by atoms with Crippen molar-refractivity contribution >= 4 is 26.3 Å². The van der Waals surface area contributed by atoms with Crippen LogP contribution in [0.3, 0.4) is 0 Å². The zero-order valence-electron chi connectivity index (χ0n) is 13.9. The lowest BCUT2D eigenvalue weighted by atomic mass is 9.98. The van der Waals surface area contributed by atoms with Crippen LogP contribution in [0.1, 0.15) is 12.8 Å². The van der Waals surface area contributed by atoms with Crippen LogP contribution in [0, 0.1) is 16.5 Å². The zero-order valence-corrected chi connectivity index (χ0v) is 14.7. The average molecular weight is 351 g/mol. The maximum atomic E-state index is 13.9. The largest absolute Gasteiger partial charge is 0.494 e. The molecule has 2 aromatic rings. The van der Waals surface area contributed by atoms with Gasteiger partial charge in [0.05, 0.1) is 7.11 Å². The van der Waals surface area contributed by atoms with Crippen LogP contribution in [0.2, 0.25) is 0 Å². The number of pyridine rings is 1. The van der Waals surface area contributed by atoms with E-state index in [0.29, 0.717) is 22.9 Å². The molecule has 0 amide bonds. The van der Waals surface area contributed by atoms with Crippen molar-refractivity contribution in [3.05, 3.63) is 30.2 Å². The molecule has 1 unspecified atom stereocenters. The van der Waals surface area contributed by atoms with E-state index in [2.05, 4.69) is 9.88 Å². The molecule has 1 aliphatic rings. The van der Waals surface area contributed by atoms with E-state index in [1.807, 2.05) is 6.07 Å². The second-order valence-corrected chi connectivity index (χ2v) is 8.78. The van der Waals surface area contributed by atoms with Crippen LogP contribution < -0.4 is 9.64 Å². The number of rotatable bonds is 4. The summed E-state index contributed by atoms with van der Waals surface area (Å²) < 4.78 is 38.4. The Balaban J connectivity index is 1.87. The Morgan fingerprint density at radius 1 is 1.42 bits per heavy atom. The number of piperidine rings is 1. The number of hydrogen-bond acceptors (Lipinski definition) is 5. The molecule has 0 saturated carbocycles. The Kier molecular flexibility index (Phi) is 4.62. The Bertz CT molecular complexity index is 846. The van der Waals surface area contributed by atoms with Gasteiger partial charge in [-0.3, -0.25) is 14.0 Å². The van der Waals surface area contributed by atoms with Crippen molar-refractivity contribution in [1.82, 2.24) is 4.98 Å². The molecule has 1 N–H and O–H groups in total. The average Bonchev–Trinajstić information content (AvgIpc) is 2.53. The highest BCUT2D eigenvalue weighted by Crippen LogP contribution is 2.34. The number of aromatic nitrogens is 1. The number of methoxy groups -OCH3 is 1. The lowest BCUT2D eigenvalue weighted by Crippen LogP contribution is -2.35. The maximum Gasteiger partial charge on any atom is 0.148 e. The molecule has 0 radical (unpaired) electrons. The summed E-state index contributed by atoms with van der Waals surface area (Å²) in [4.78, 5) is 6.54. The minimum absolute atomic E-state index is 0.315. The Labute approximate surface area is 141 Å². The van der Waals surface area contributed by atoms with Crippen molar-refractivity contribution < 1.29 is 13.3 Å². The second kappa shape index (κ2) is 6.55. The van der Waals surface area contributed by atoms with Crippen molar-refractivity contribution in [2.45, 2.75) is 12.8 Å². The van der Waals surface area contributed by atoms with E-state index in [9.17, 15) is 8.60 Å². The summed E-state index contributed by atoms with van der Waals surface area (Å²) in [6.07, 6.45) is 5.00. The number of benzene rings is 1. The van der Waals surface area contributed by atoms with Crippen LogP contribution >= 0.6 is 0 Å². The first-order chi connectivity index (χ1) is 11.4. The molecule has 2 heterocycles. The molecule has 1 fully saturated rings. The fourth-order valence-corrected chi connectivity index (χ4v) is 4.63. The van der Waals surface area contributed by atoms with Gasteiger partial charge in [0.15, 0.2) is 0 Å². The number of nitrogens with one attached hydrogen (secondary N) is 1. The fraction of sp³-hybridized carbons (Fsp3) is 0.471. The van der Waals surface area contributed by atoms with Crippen LogP contribution in [-0.4, -0.2) is 41.4 Å². The van der Waals surface area contributed by atoms with Gasteiger partial charge in [0.1, 0.15) is 17.1 Å². The van der Waals surface area contributed by atoms with Gasteiger partial charge in [-0.05, 0) is 30.9 Å². The smallest absolute Gasteiger partial charge is 0.148 e. The molecule has 1 saturated heterocycles. The summed E-state index contributed by atoms with van der Waals surface area (Å²) in [5.74, 6) is 0.862. The van der Waals surface area contributed by atoms with Gasteiger partial charge in [0, 0.05) is 58.2 Å². The van der Waals surface area contributed by atoms with E-state index < -0.39 is 9.73 Å². The molecule has 7 heteroatoms. The molecular weight excluding hydrogens is 329 g/mol. The van der Waals surface area contributed by atoms with Crippen LogP contribution in [0.5, 0.6) is 5.75 Å². The van der Waals surface area contributed by atoms with Gasteiger partial charge in [-0.15, -0.1) is 0 Å². The first kappa shape index (κ1) is 17.0. The molecule has 1 aliphatic heterocycles. The summed E-state index contributed by atoms with van der Waals surface area (Å²) in [5.41, 5.74) is 1.60. The highest BCUT2D eigenvalue weighted by atomic mass is 32.2. The van der Waals surface area contributed by atoms with Gasteiger partial charge in [-0.2, -0.15) is 0 Å². The van der Waals surface area contributed by atoms with E-state index in [4.69, 9.17) is 9.52 Å². The molecule has 1 aromatic carbocycles. The second-order valence-electron chi connectivity index (χ2n) is 6.44. The van der Waals surface area contributed by atoms with E-state index >= 15 is 0 Å². The predicted octanol–water partition coefficient (Wildman–Crippen LogP) is 3.28. The fourth-order valence-electron chi connectivity index (χ4n) is 3.40. The number of nitrogens with zero attached hydrogens (tertiary/aromatic N) is 2. The van der Waals surface area contributed by atoms with Crippen LogP contribution in [-0.2, 0) is 9.73 Å². The first-order valence-corrected chi connectivity index (χ1v) is 10.1. The molecule has 1 aromatic heterocycles. The molecular formula is C17H22FN3O2S. The standard InChI is InChI=1S/C17H22FN3O2S/c1-23-16-10-13(18)9-14-15(3-6-20-17(14)16)21-7-4-12(5-8-21)11-24(2,19)22/h3,6,9-10,12,19H,4-5,7-8,11H2,1-2H3. The molecule has 5 nitrogen and oxygen atoms in total. The minimum Gasteiger partial charge on any atom is -0.494 e. The van der Waals surface area contributed by atoms with E-state index in [1.165, 1.54) is 25.5 Å². The number of fused-ring (bicyclic) bond motifs is 1. The van der Waals surface area contributed by atoms with Gasteiger partial charge in [-0.1, -0.05) is 0 Å². The van der Waals surface area contributed by atoms with Crippen LogP contribution in [0.15, 0.2) is 24.4 Å². The lowest BCUT2D eigenvalue weighted by Gasteiger charge is -2.34. The van der Waals surface area contributed by atoms with E-state index in [-0.39, 0.29) is 5.82 Å². The molecule has 1 atom stereocenters. The van der Waals surface area contributed by atoms with Crippen molar-refractivity contribution in [1.29, 1.82) is 4.78 Å². The van der Waals surface area contributed by atoms with Gasteiger partial charge in [-0.25, -0.2) is 4.39 Å². The maximum absolute atomic E-state index is 13.9. The number of anilines is 1. The van der Waals surface area contributed by atoms with Crippen LogP contribution in [0.25, 0.3) is 10.9 Å². The third kappa shape index (κ3) is 3.61. The quantitative estimate of drug-likeness (QED) is 0.918. The zero-order chi connectivity index (χ0) is 17.3. The summed E-state index contributed by atoms with van der Waals surface area (Å²) in [6.45, 7) is 1.61. The van der Waals surface area contributed by atoms with Crippen molar-refractivity contribution in [2.24, 2.45) is 5.92 Å². The van der Waals surface area contributed by atoms with Gasteiger partial charge < -0.3 is 9.64 Å². The number of ether oxygens (including phenoxy) is 1. The summed E-state index contributed by atoms with van der Waals surface area (Å²) >= 11 is 0. The highest BCUT2D eigenvalue weighted by Gasteiger charge is 2.23. The van der Waals surface area contributed by atoms with Gasteiger partial charge >= 0.3 is 0 Å². The third-order valence-electron chi connectivity index (χ3n) is 4.48. The predicted molar refractivity (Wildman–Crippen MR) is 94.8 cm³/mol. The summed E-state index contributed by atoms with van der Waals surface area (Å²) in [6, 6.07) is 4.74. The van der Waals surface area contributed by atoms with E-state index in [1.54, 1.807) is 6.20 Å². The minimum atomic E-state index is -2.45. The van der Waals surface area contributed by atoms with E-state index in [0.717, 1.165) is 37.0 Å². The van der Waals surface area contributed by atoms with Gasteiger partial charge in [0.2, 0.25) is 0 Å². The molecule has 24 heavy (non-hydrogen) atoms. The molecule has 0 spiro atoms. The topological polar surface area (TPSA) is 66.3 Å². The van der Waals surface area contributed by atoms with Gasteiger partial charge in [0.25, 0.3) is 0 Å². The monoisotopic (exact) mass is 351 g/mol. The molecule has 0 aliphatic carbocycles. The molecule has 0 bridgehead atoms. The number of halogens is 1.